The van der Waals surface area contributed by atoms with Crippen molar-refractivity contribution in [1.29, 1.82) is 0 Å². The summed E-state index contributed by atoms with van der Waals surface area (Å²) in [6.07, 6.45) is 2.68. The Morgan fingerprint density at radius 1 is 1.52 bits per heavy atom. The van der Waals surface area contributed by atoms with Crippen molar-refractivity contribution in [2.24, 2.45) is 0 Å². The van der Waals surface area contributed by atoms with Gasteiger partial charge in [0.15, 0.2) is 0 Å². The molecule has 1 aromatic carbocycles. The van der Waals surface area contributed by atoms with E-state index in [2.05, 4.69) is 20.5 Å². The van der Waals surface area contributed by atoms with E-state index in [1.807, 2.05) is 0 Å². The van der Waals surface area contributed by atoms with Crippen LogP contribution in [-0.4, -0.2) is 33.1 Å². The van der Waals surface area contributed by atoms with Crippen molar-refractivity contribution in [1.82, 2.24) is 15.2 Å². The average Bonchev–Trinajstić information content (AvgIpc) is 2.93. The number of aromatic nitrogens is 3. The van der Waals surface area contributed by atoms with Crippen molar-refractivity contribution >= 4 is 23.6 Å². The Labute approximate surface area is 118 Å². The number of carbonyl (C=O) groups is 1. The second-order valence-electron chi connectivity index (χ2n) is 3.85. The third-order valence-corrected chi connectivity index (χ3v) is 2.40. The highest BCUT2D eigenvalue weighted by molar-refractivity contribution is 6.00. The van der Waals surface area contributed by atoms with Crippen molar-refractivity contribution in [2.45, 2.75) is 0 Å². The van der Waals surface area contributed by atoms with Gasteiger partial charge in [-0.25, -0.2) is 5.10 Å². The first-order valence-electron chi connectivity index (χ1n) is 5.78. The monoisotopic (exact) mass is 289 g/mol. The van der Waals surface area contributed by atoms with Crippen LogP contribution >= 0.6 is 0 Å². The predicted molar refractivity (Wildman–Crippen MR) is 73.7 cm³/mol. The normalized spacial score (nSPS) is 10.5. The van der Waals surface area contributed by atoms with Gasteiger partial charge in [-0.05, 0) is 11.6 Å². The highest BCUT2D eigenvalue weighted by atomic mass is 16.6. The fourth-order valence-electron chi connectivity index (χ4n) is 1.47. The molecule has 0 aliphatic carbocycles. The Kier molecular flexibility index (Phi) is 4.24. The molecule has 0 saturated carbocycles. The van der Waals surface area contributed by atoms with E-state index in [1.165, 1.54) is 37.5 Å². The zero-order valence-corrected chi connectivity index (χ0v) is 10.9. The molecule has 0 unspecified atom stereocenters. The topological polar surface area (TPSA) is 123 Å². The lowest BCUT2D eigenvalue weighted by Crippen LogP contribution is -2.09. The van der Waals surface area contributed by atoms with E-state index in [-0.39, 0.29) is 17.6 Å². The highest BCUT2D eigenvalue weighted by Crippen LogP contribution is 2.14. The van der Waals surface area contributed by atoms with E-state index in [0.717, 1.165) is 0 Å². The zero-order valence-electron chi connectivity index (χ0n) is 10.9. The number of amides is 1. The summed E-state index contributed by atoms with van der Waals surface area (Å²) in [6, 6.07) is 6.03. The van der Waals surface area contributed by atoms with Crippen LogP contribution in [0.15, 0.2) is 30.3 Å². The molecule has 0 fully saturated rings. The third-order valence-electron chi connectivity index (χ3n) is 2.40. The molecule has 9 heteroatoms. The number of hydrogen-bond donors (Lipinski definition) is 2. The molecule has 1 heterocycles. The molecule has 108 valence electrons. The molecule has 0 radical (unpaired) electrons. The molecule has 2 N–H and O–H groups in total. The lowest BCUT2D eigenvalue weighted by molar-refractivity contribution is -0.384. The first-order valence-corrected chi connectivity index (χ1v) is 5.78. The number of non-ortho nitro benzene ring substituents is 1. The number of rotatable bonds is 5. The van der Waals surface area contributed by atoms with E-state index >= 15 is 0 Å². The van der Waals surface area contributed by atoms with Gasteiger partial charge in [-0.2, -0.15) is 4.98 Å². The summed E-state index contributed by atoms with van der Waals surface area (Å²) in [6.45, 7) is 0. The number of nitro groups is 1. The van der Waals surface area contributed by atoms with Crippen LogP contribution in [0.3, 0.4) is 0 Å². The number of hydrogen-bond acceptors (Lipinski definition) is 6. The van der Waals surface area contributed by atoms with Gasteiger partial charge >= 0.3 is 6.01 Å². The van der Waals surface area contributed by atoms with Crippen molar-refractivity contribution in [2.75, 3.05) is 12.4 Å². The summed E-state index contributed by atoms with van der Waals surface area (Å²) in [4.78, 5) is 25.6. The maximum atomic E-state index is 11.6. The first kappa shape index (κ1) is 14.2. The molecule has 0 atom stereocenters. The number of methoxy groups -OCH3 is 1. The number of anilines is 1. The molecule has 0 spiro atoms. The second kappa shape index (κ2) is 6.28. The molecule has 2 rings (SSSR count). The third kappa shape index (κ3) is 3.86. The molecule has 0 saturated heterocycles. The van der Waals surface area contributed by atoms with Crippen molar-refractivity contribution < 1.29 is 14.5 Å². The molecule has 1 amide bonds. The smallest absolute Gasteiger partial charge is 0.336 e. The van der Waals surface area contributed by atoms with E-state index < -0.39 is 10.8 Å². The number of aromatic amines is 1. The number of nitrogens with zero attached hydrogens (tertiary/aromatic N) is 3. The Morgan fingerprint density at radius 2 is 2.33 bits per heavy atom. The minimum absolute atomic E-state index is 0.0440. The van der Waals surface area contributed by atoms with Crippen LogP contribution in [0.1, 0.15) is 5.56 Å². The number of benzene rings is 1. The Balaban J connectivity index is 2.01. The predicted octanol–water partition coefficient (Wildman–Crippen LogP) is 1.37. The standard InChI is InChI=1S/C12H11N5O4/c1-21-12-14-11(15-16-12)13-10(18)6-5-8-3-2-4-9(7-8)17(19)20/h2-7H,1H3,(H2,13,14,15,16,18)/b6-5+. The lowest BCUT2D eigenvalue weighted by atomic mass is 10.2. The molecule has 9 nitrogen and oxygen atoms in total. The minimum atomic E-state index is -0.502. The average molecular weight is 289 g/mol. The van der Waals surface area contributed by atoms with Gasteiger partial charge in [0, 0.05) is 18.2 Å². The van der Waals surface area contributed by atoms with E-state index in [9.17, 15) is 14.9 Å². The molecule has 2 aromatic rings. The first-order chi connectivity index (χ1) is 10.1. The van der Waals surface area contributed by atoms with Crippen LogP contribution in [0.2, 0.25) is 0 Å². The van der Waals surface area contributed by atoms with Crippen LogP contribution in [-0.2, 0) is 4.79 Å². The quantitative estimate of drug-likeness (QED) is 0.487. The molecule has 0 aliphatic heterocycles. The molecule has 1 aromatic heterocycles. The van der Waals surface area contributed by atoms with Crippen LogP contribution in [0.25, 0.3) is 6.08 Å². The van der Waals surface area contributed by atoms with Crippen LogP contribution < -0.4 is 10.1 Å². The van der Waals surface area contributed by atoms with Crippen molar-refractivity contribution in [3.63, 3.8) is 0 Å². The van der Waals surface area contributed by atoms with Gasteiger partial charge in [0.05, 0.1) is 12.0 Å². The SMILES string of the molecule is COc1n[nH]c(NC(=O)/C=C/c2cccc([N+](=O)[O-])c2)n1. The lowest BCUT2D eigenvalue weighted by Gasteiger charge is -1.96. The number of H-pyrrole nitrogens is 1. The Morgan fingerprint density at radius 3 is 3.00 bits per heavy atom. The van der Waals surface area contributed by atoms with E-state index in [1.54, 1.807) is 6.07 Å². The fourth-order valence-corrected chi connectivity index (χ4v) is 1.47. The summed E-state index contributed by atoms with van der Waals surface area (Å²) >= 11 is 0. The fraction of sp³-hybridized carbons (Fsp3) is 0.0833. The van der Waals surface area contributed by atoms with Gasteiger partial charge in [0.25, 0.3) is 11.6 Å². The van der Waals surface area contributed by atoms with Gasteiger partial charge in [-0.3, -0.25) is 20.2 Å². The van der Waals surface area contributed by atoms with Gasteiger partial charge < -0.3 is 4.74 Å². The summed E-state index contributed by atoms with van der Waals surface area (Å²) in [5.74, 6) is -0.319. The molecular weight excluding hydrogens is 278 g/mol. The number of nitrogens with one attached hydrogen (secondary N) is 2. The van der Waals surface area contributed by atoms with Crippen molar-refractivity contribution in [3.8, 4) is 6.01 Å². The van der Waals surface area contributed by atoms with Gasteiger partial charge in [-0.15, -0.1) is 5.10 Å². The van der Waals surface area contributed by atoms with Crippen LogP contribution in [0.5, 0.6) is 6.01 Å². The summed E-state index contributed by atoms with van der Waals surface area (Å²) in [5, 5.41) is 19.2. The second-order valence-corrected chi connectivity index (χ2v) is 3.85. The Bertz CT molecular complexity index is 694. The van der Waals surface area contributed by atoms with E-state index in [4.69, 9.17) is 4.74 Å². The Hall–Kier alpha value is -3.23. The number of ether oxygens (including phenoxy) is 1. The maximum absolute atomic E-state index is 11.6. The highest BCUT2D eigenvalue weighted by Gasteiger charge is 2.06. The molecule has 0 bridgehead atoms. The zero-order chi connectivity index (χ0) is 15.2. The summed E-state index contributed by atoms with van der Waals surface area (Å²) in [7, 11) is 1.40. The molecule has 0 aliphatic rings. The van der Waals surface area contributed by atoms with Crippen LogP contribution in [0, 0.1) is 10.1 Å². The molecule has 21 heavy (non-hydrogen) atoms. The minimum Gasteiger partial charge on any atom is -0.466 e. The van der Waals surface area contributed by atoms with Gasteiger partial charge in [0.1, 0.15) is 0 Å². The maximum Gasteiger partial charge on any atom is 0.336 e. The van der Waals surface area contributed by atoms with Gasteiger partial charge in [-0.1, -0.05) is 12.1 Å². The van der Waals surface area contributed by atoms with E-state index in [0.29, 0.717) is 5.56 Å². The van der Waals surface area contributed by atoms with Crippen molar-refractivity contribution in [3.05, 3.63) is 46.0 Å². The van der Waals surface area contributed by atoms with Gasteiger partial charge in [0.2, 0.25) is 5.95 Å². The number of carbonyl (C=O) groups excluding carboxylic acids is 1. The van der Waals surface area contributed by atoms with Crippen LogP contribution in [0.4, 0.5) is 11.6 Å². The molecular formula is C12H11N5O4. The summed E-state index contributed by atoms with van der Waals surface area (Å²) in [5.41, 5.74) is 0.493. The number of nitro benzene ring substituents is 1. The summed E-state index contributed by atoms with van der Waals surface area (Å²) < 4.78 is 4.75. The largest absolute Gasteiger partial charge is 0.466 e.